The van der Waals surface area contributed by atoms with Gasteiger partial charge in [-0.3, -0.25) is 14.4 Å². The molecule has 0 unspecified atom stereocenters. The van der Waals surface area contributed by atoms with Crippen molar-refractivity contribution in [3.05, 3.63) is 58.1 Å². The van der Waals surface area contributed by atoms with Crippen LogP contribution < -0.4 is 16.0 Å². The maximum absolute atomic E-state index is 12.9. The summed E-state index contributed by atoms with van der Waals surface area (Å²) in [5.41, 5.74) is 7.54. The maximum atomic E-state index is 12.9. The summed E-state index contributed by atoms with van der Waals surface area (Å²) in [5.74, 6) is -1.59. The van der Waals surface area contributed by atoms with Crippen LogP contribution in [0.2, 0.25) is 10.0 Å². The number of rotatable bonds is 6. The Morgan fingerprint density at radius 2 is 1.93 bits per heavy atom. The van der Waals surface area contributed by atoms with Gasteiger partial charge in [0.1, 0.15) is 0 Å². The van der Waals surface area contributed by atoms with E-state index in [0.717, 1.165) is 0 Å². The van der Waals surface area contributed by atoms with Gasteiger partial charge < -0.3 is 20.7 Å². The molecule has 3 N–H and O–H groups in total. The maximum Gasteiger partial charge on any atom is 0.307 e. The number of benzene rings is 2. The number of nitrogens with one attached hydrogen (secondary N) is 1. The number of carbonyl (C=O) groups excluding carboxylic acids is 3. The molecule has 1 saturated heterocycles. The third kappa shape index (κ3) is 5.23. The molecule has 158 valence electrons. The van der Waals surface area contributed by atoms with Crippen LogP contribution in [-0.2, 0) is 19.1 Å². The molecule has 0 aliphatic carbocycles. The predicted octanol–water partition coefficient (Wildman–Crippen LogP) is 3.35. The highest BCUT2D eigenvalue weighted by molar-refractivity contribution is 6.34. The van der Waals surface area contributed by atoms with Crippen LogP contribution in [0.25, 0.3) is 0 Å². The number of amides is 2. The lowest BCUT2D eigenvalue weighted by Crippen LogP contribution is -2.36. The number of nitrogens with zero attached hydrogens (tertiary/aromatic N) is 1. The summed E-state index contributed by atoms with van der Waals surface area (Å²) in [5, 5.41) is 3.60. The Hall–Kier alpha value is -2.77. The van der Waals surface area contributed by atoms with E-state index in [1.807, 2.05) is 0 Å². The third-order valence-corrected chi connectivity index (χ3v) is 5.32. The molecule has 0 spiro atoms. The third-order valence-electron chi connectivity index (χ3n) is 4.88. The van der Waals surface area contributed by atoms with Crippen molar-refractivity contribution >= 4 is 52.4 Å². The van der Waals surface area contributed by atoms with Gasteiger partial charge in [-0.2, -0.15) is 0 Å². The summed E-state index contributed by atoms with van der Waals surface area (Å²) in [7, 11) is 1.27. The van der Waals surface area contributed by atoms with Crippen LogP contribution in [-0.4, -0.2) is 31.4 Å². The fourth-order valence-corrected chi connectivity index (χ4v) is 3.94. The van der Waals surface area contributed by atoms with E-state index in [0.29, 0.717) is 27.0 Å². The summed E-state index contributed by atoms with van der Waals surface area (Å²) >= 11 is 12.1. The second-order valence-electron chi connectivity index (χ2n) is 7.04. The molecule has 0 radical (unpaired) electrons. The molecule has 7 nitrogen and oxygen atoms in total. The normalized spacial score (nSPS) is 17.0. The van der Waals surface area contributed by atoms with E-state index in [1.165, 1.54) is 12.0 Å². The molecular weight excluding hydrogens is 429 g/mol. The number of methoxy groups -OCH3 is 1. The minimum Gasteiger partial charge on any atom is -0.469 e. The van der Waals surface area contributed by atoms with Gasteiger partial charge in [0.25, 0.3) is 0 Å². The van der Waals surface area contributed by atoms with Crippen molar-refractivity contribution in [3.63, 3.8) is 0 Å². The fourth-order valence-electron chi connectivity index (χ4n) is 3.39. The highest BCUT2D eigenvalue weighted by Gasteiger charge is 2.36. The van der Waals surface area contributed by atoms with Gasteiger partial charge in [0.2, 0.25) is 11.8 Å². The van der Waals surface area contributed by atoms with Crippen LogP contribution in [0.4, 0.5) is 11.4 Å². The molecule has 1 aliphatic rings. The number of nitrogens with two attached hydrogens (primary N) is 1. The predicted molar refractivity (Wildman–Crippen MR) is 115 cm³/mol. The molecule has 2 atom stereocenters. The lowest BCUT2D eigenvalue weighted by atomic mass is 10.0. The topological polar surface area (TPSA) is 102 Å². The quantitative estimate of drug-likeness (QED) is 0.519. The van der Waals surface area contributed by atoms with Gasteiger partial charge in [-0.25, -0.2) is 0 Å². The number of nitrogen functional groups attached to an aromatic ring is 1. The molecule has 1 fully saturated rings. The van der Waals surface area contributed by atoms with Crippen molar-refractivity contribution in [1.82, 2.24) is 5.32 Å². The Balaban J connectivity index is 1.77. The van der Waals surface area contributed by atoms with Crippen molar-refractivity contribution < 1.29 is 19.1 Å². The van der Waals surface area contributed by atoms with Crippen LogP contribution >= 0.6 is 23.2 Å². The van der Waals surface area contributed by atoms with E-state index in [4.69, 9.17) is 33.7 Å². The second kappa shape index (κ2) is 9.36. The first-order valence-corrected chi connectivity index (χ1v) is 10.0. The Morgan fingerprint density at radius 1 is 1.23 bits per heavy atom. The van der Waals surface area contributed by atoms with Crippen LogP contribution in [0.3, 0.4) is 0 Å². The van der Waals surface area contributed by atoms with Crippen molar-refractivity contribution in [3.8, 4) is 0 Å². The molecule has 3 rings (SSSR count). The number of hydrogen-bond acceptors (Lipinski definition) is 5. The van der Waals surface area contributed by atoms with Crippen LogP contribution in [0.5, 0.6) is 0 Å². The second-order valence-corrected chi connectivity index (χ2v) is 7.92. The van der Waals surface area contributed by atoms with E-state index in [-0.39, 0.29) is 31.2 Å². The molecule has 2 aromatic rings. The number of carbonyl (C=O) groups is 3. The fraction of sp³-hybridized carbons (Fsp3) is 0.286. The van der Waals surface area contributed by atoms with Crippen molar-refractivity contribution in [1.29, 1.82) is 0 Å². The van der Waals surface area contributed by atoms with Gasteiger partial charge in [-0.05, 0) is 42.0 Å². The molecule has 9 heteroatoms. The zero-order valence-electron chi connectivity index (χ0n) is 16.2. The Bertz CT molecular complexity index is 962. The number of esters is 1. The number of hydrogen-bond donors (Lipinski definition) is 2. The average Bonchev–Trinajstić information content (AvgIpc) is 3.08. The summed E-state index contributed by atoms with van der Waals surface area (Å²) in [6, 6.07) is 11.0. The number of halogens is 2. The van der Waals surface area contributed by atoms with Crippen LogP contribution in [0, 0.1) is 5.92 Å². The molecule has 0 bridgehead atoms. The molecule has 2 aromatic carbocycles. The Labute approximate surface area is 184 Å². The number of anilines is 2. The first-order chi connectivity index (χ1) is 14.3. The van der Waals surface area contributed by atoms with Gasteiger partial charge in [0.05, 0.1) is 25.5 Å². The highest BCUT2D eigenvalue weighted by Crippen LogP contribution is 2.29. The monoisotopic (exact) mass is 449 g/mol. The molecule has 1 heterocycles. The van der Waals surface area contributed by atoms with Gasteiger partial charge in [0.15, 0.2) is 0 Å². The smallest absolute Gasteiger partial charge is 0.307 e. The van der Waals surface area contributed by atoms with Gasteiger partial charge in [0, 0.05) is 34.4 Å². The van der Waals surface area contributed by atoms with Gasteiger partial charge in [-0.15, -0.1) is 0 Å². The van der Waals surface area contributed by atoms with Crippen molar-refractivity contribution in [2.24, 2.45) is 5.92 Å². The summed E-state index contributed by atoms with van der Waals surface area (Å²) in [4.78, 5) is 38.8. The standard InChI is InChI=1S/C21H21Cl2N3O4/c1-30-20(28)10-18(12-5-14(22)8-15(23)6-12)25-21(29)13-7-19(27)26(11-13)17-4-2-3-16(24)9-17/h2-6,8-9,13,18H,7,10-11,24H2,1H3,(H,25,29)/t13-,18+/m1/s1. The Kier molecular flexibility index (Phi) is 6.84. The SMILES string of the molecule is COC(=O)C[C@H](NC(=O)[C@@H]1CC(=O)N(c2cccc(N)c2)C1)c1cc(Cl)cc(Cl)c1. The van der Waals surface area contributed by atoms with E-state index in [2.05, 4.69) is 5.32 Å². The van der Waals surface area contributed by atoms with Crippen molar-refractivity contribution in [2.75, 3.05) is 24.3 Å². The molecule has 30 heavy (non-hydrogen) atoms. The van der Waals surface area contributed by atoms with Crippen LogP contribution in [0.15, 0.2) is 42.5 Å². The highest BCUT2D eigenvalue weighted by atomic mass is 35.5. The molecule has 2 amide bonds. The van der Waals surface area contributed by atoms with Crippen molar-refractivity contribution in [2.45, 2.75) is 18.9 Å². The minimum absolute atomic E-state index is 0.0574. The summed E-state index contributed by atoms with van der Waals surface area (Å²) in [6.45, 7) is 0.218. The minimum atomic E-state index is -0.697. The van der Waals surface area contributed by atoms with Crippen LogP contribution in [0.1, 0.15) is 24.4 Å². The van der Waals surface area contributed by atoms with Gasteiger partial charge >= 0.3 is 5.97 Å². The zero-order valence-corrected chi connectivity index (χ0v) is 17.7. The largest absolute Gasteiger partial charge is 0.469 e. The first kappa shape index (κ1) is 21.9. The molecular formula is C21H21Cl2N3O4. The van der Waals surface area contributed by atoms with E-state index >= 15 is 0 Å². The summed E-state index contributed by atoms with van der Waals surface area (Å²) < 4.78 is 4.74. The lowest BCUT2D eigenvalue weighted by molar-refractivity contribution is -0.141. The first-order valence-electron chi connectivity index (χ1n) is 9.26. The summed E-state index contributed by atoms with van der Waals surface area (Å²) in [6.07, 6.45) is -0.0413. The van der Waals surface area contributed by atoms with E-state index in [9.17, 15) is 14.4 Å². The van der Waals surface area contributed by atoms with Gasteiger partial charge in [-0.1, -0.05) is 29.3 Å². The number of ether oxygens (including phenoxy) is 1. The molecule has 0 aromatic heterocycles. The average molecular weight is 450 g/mol. The van der Waals surface area contributed by atoms with E-state index < -0.39 is 17.9 Å². The molecule has 1 aliphatic heterocycles. The van der Waals surface area contributed by atoms with E-state index in [1.54, 1.807) is 42.5 Å². The Morgan fingerprint density at radius 3 is 2.57 bits per heavy atom. The molecule has 0 saturated carbocycles. The lowest BCUT2D eigenvalue weighted by Gasteiger charge is -2.21. The zero-order chi connectivity index (χ0) is 21.8.